The standard InChI is InChI=1S/C31H33N3O4/c1-7-8-24(16-28(36)37-6)23-9-11-26(12-10-23)38-18-22-15-27(29-20(4)13-25(35)14-21(29)5)31-32-30(19(2)3)33-34(31)17-22/h9-15,17,19,24,35H,16,18H2,1-6H3/t24-/m0/s1. The normalized spacial score (nSPS) is 11.8. The first kappa shape index (κ1) is 26.7. The fourth-order valence-electron chi connectivity index (χ4n) is 4.57. The van der Waals surface area contributed by atoms with Gasteiger partial charge in [0.15, 0.2) is 11.5 Å². The number of nitrogens with zero attached hydrogens (tertiary/aromatic N) is 3. The van der Waals surface area contributed by atoms with Crippen LogP contribution in [0.15, 0.2) is 48.7 Å². The lowest BCUT2D eigenvalue weighted by Crippen LogP contribution is -2.07. The van der Waals surface area contributed by atoms with Gasteiger partial charge in [0, 0.05) is 23.2 Å². The van der Waals surface area contributed by atoms with Crippen LogP contribution in [0.3, 0.4) is 0 Å². The summed E-state index contributed by atoms with van der Waals surface area (Å²) in [5, 5.41) is 14.8. The third kappa shape index (κ3) is 5.81. The number of benzene rings is 2. The van der Waals surface area contributed by atoms with E-state index in [0.717, 1.165) is 44.9 Å². The smallest absolute Gasteiger partial charge is 0.307 e. The number of methoxy groups -OCH3 is 1. The van der Waals surface area contributed by atoms with Crippen LogP contribution in [-0.4, -0.2) is 32.8 Å². The lowest BCUT2D eigenvalue weighted by Gasteiger charge is -2.14. The molecule has 0 saturated carbocycles. The van der Waals surface area contributed by atoms with Crippen LogP contribution in [-0.2, 0) is 16.1 Å². The summed E-state index contributed by atoms with van der Waals surface area (Å²) in [7, 11) is 1.38. The number of fused-ring (bicyclic) bond motifs is 1. The first-order chi connectivity index (χ1) is 18.2. The molecule has 0 aliphatic rings. The Morgan fingerprint density at radius 3 is 2.39 bits per heavy atom. The van der Waals surface area contributed by atoms with Crippen LogP contribution in [0, 0.1) is 25.7 Å². The van der Waals surface area contributed by atoms with Crippen molar-refractivity contribution in [2.24, 2.45) is 0 Å². The number of aromatic nitrogens is 3. The minimum Gasteiger partial charge on any atom is -0.508 e. The number of hydrogen-bond donors (Lipinski definition) is 1. The van der Waals surface area contributed by atoms with Crippen LogP contribution < -0.4 is 4.74 Å². The van der Waals surface area contributed by atoms with Crippen molar-refractivity contribution in [2.75, 3.05) is 7.11 Å². The number of rotatable bonds is 8. The number of carbonyl (C=O) groups excluding carboxylic acids is 1. The van der Waals surface area contributed by atoms with E-state index in [2.05, 4.69) is 31.8 Å². The first-order valence-electron chi connectivity index (χ1n) is 12.6. The second-order valence-electron chi connectivity index (χ2n) is 9.69. The molecule has 0 aliphatic carbocycles. The first-order valence-corrected chi connectivity index (χ1v) is 12.6. The van der Waals surface area contributed by atoms with E-state index in [1.54, 1.807) is 19.1 Å². The van der Waals surface area contributed by atoms with Crippen LogP contribution in [0.5, 0.6) is 11.5 Å². The van der Waals surface area contributed by atoms with Gasteiger partial charge in [0.2, 0.25) is 0 Å². The minimum atomic E-state index is -0.294. The highest BCUT2D eigenvalue weighted by atomic mass is 16.5. The molecule has 2 aromatic heterocycles. The highest BCUT2D eigenvalue weighted by Crippen LogP contribution is 2.34. The Kier molecular flexibility index (Phi) is 8.02. The van der Waals surface area contributed by atoms with Crippen LogP contribution in [0.4, 0.5) is 0 Å². The summed E-state index contributed by atoms with van der Waals surface area (Å²) in [6.45, 7) is 10.2. The molecule has 0 spiro atoms. The van der Waals surface area contributed by atoms with Crippen molar-refractivity contribution in [3.63, 3.8) is 0 Å². The summed E-state index contributed by atoms with van der Waals surface area (Å²) in [5.41, 5.74) is 6.53. The SMILES string of the molecule is CC#C[C@@H](CC(=O)OC)c1ccc(OCc2cc(-c3c(C)cc(O)cc3C)c3nc(C(C)C)nn3c2)cc1. The maximum absolute atomic E-state index is 11.8. The zero-order chi connectivity index (χ0) is 27.4. The number of esters is 1. The van der Waals surface area contributed by atoms with Crippen molar-refractivity contribution in [1.29, 1.82) is 0 Å². The van der Waals surface area contributed by atoms with E-state index < -0.39 is 0 Å². The fourth-order valence-corrected chi connectivity index (χ4v) is 4.57. The maximum Gasteiger partial charge on any atom is 0.307 e. The highest BCUT2D eigenvalue weighted by Gasteiger charge is 2.18. The molecule has 7 nitrogen and oxygen atoms in total. The molecule has 0 bridgehead atoms. The number of aromatic hydroxyl groups is 1. The molecule has 0 fully saturated rings. The van der Waals surface area contributed by atoms with Gasteiger partial charge in [-0.1, -0.05) is 31.9 Å². The van der Waals surface area contributed by atoms with Crippen molar-refractivity contribution in [2.45, 2.75) is 59.5 Å². The highest BCUT2D eigenvalue weighted by molar-refractivity contribution is 5.82. The Labute approximate surface area is 223 Å². The number of phenols is 1. The predicted molar refractivity (Wildman–Crippen MR) is 147 cm³/mol. The number of aryl methyl sites for hydroxylation is 2. The molecule has 2 heterocycles. The number of ether oxygens (including phenoxy) is 2. The molecule has 0 amide bonds. The van der Waals surface area contributed by atoms with Crippen molar-refractivity contribution in [3.8, 4) is 34.5 Å². The molecule has 0 radical (unpaired) electrons. The monoisotopic (exact) mass is 511 g/mol. The predicted octanol–water partition coefficient (Wildman–Crippen LogP) is 6.09. The number of pyridine rings is 1. The summed E-state index contributed by atoms with van der Waals surface area (Å²) in [5.74, 6) is 7.35. The minimum absolute atomic E-state index is 0.184. The quantitative estimate of drug-likeness (QED) is 0.228. The summed E-state index contributed by atoms with van der Waals surface area (Å²) >= 11 is 0. The largest absolute Gasteiger partial charge is 0.508 e. The Bertz CT molecular complexity index is 1500. The third-order valence-electron chi connectivity index (χ3n) is 6.41. The summed E-state index contributed by atoms with van der Waals surface area (Å²) in [6, 6.07) is 13.2. The Morgan fingerprint density at radius 1 is 1.11 bits per heavy atom. The third-order valence-corrected chi connectivity index (χ3v) is 6.41. The van der Waals surface area contributed by atoms with Crippen LogP contribution >= 0.6 is 0 Å². The van der Waals surface area contributed by atoms with Gasteiger partial charge in [-0.25, -0.2) is 9.50 Å². The summed E-state index contributed by atoms with van der Waals surface area (Å²) < 4.78 is 12.8. The molecule has 2 aromatic carbocycles. The van der Waals surface area contributed by atoms with E-state index in [-0.39, 0.29) is 30.0 Å². The van der Waals surface area contributed by atoms with Gasteiger partial charge in [0.1, 0.15) is 18.1 Å². The number of carbonyl (C=O) groups is 1. The average Bonchev–Trinajstić information content (AvgIpc) is 3.32. The van der Waals surface area contributed by atoms with Gasteiger partial charge in [-0.15, -0.1) is 5.92 Å². The van der Waals surface area contributed by atoms with Crippen molar-refractivity contribution in [3.05, 3.63) is 76.7 Å². The lowest BCUT2D eigenvalue weighted by atomic mass is 9.95. The Hall–Kier alpha value is -4.31. The molecule has 38 heavy (non-hydrogen) atoms. The molecular formula is C31H33N3O4. The van der Waals surface area contributed by atoms with Gasteiger partial charge in [-0.3, -0.25) is 4.79 Å². The molecule has 1 atom stereocenters. The zero-order valence-corrected chi connectivity index (χ0v) is 22.7. The Morgan fingerprint density at radius 2 is 1.79 bits per heavy atom. The van der Waals surface area contributed by atoms with Gasteiger partial charge < -0.3 is 14.6 Å². The van der Waals surface area contributed by atoms with E-state index in [9.17, 15) is 9.90 Å². The van der Waals surface area contributed by atoms with E-state index in [1.165, 1.54) is 7.11 Å². The zero-order valence-electron chi connectivity index (χ0n) is 22.7. The molecule has 4 aromatic rings. The van der Waals surface area contributed by atoms with E-state index in [1.807, 2.05) is 48.8 Å². The molecule has 0 saturated heterocycles. The van der Waals surface area contributed by atoms with Crippen molar-refractivity contribution >= 4 is 11.6 Å². The molecule has 0 aliphatic heterocycles. The molecule has 0 unspecified atom stereocenters. The summed E-state index contributed by atoms with van der Waals surface area (Å²) in [4.78, 5) is 16.6. The second-order valence-corrected chi connectivity index (χ2v) is 9.69. The van der Waals surface area contributed by atoms with Crippen molar-refractivity contribution in [1.82, 2.24) is 14.6 Å². The van der Waals surface area contributed by atoms with Gasteiger partial charge in [0.05, 0.1) is 19.4 Å². The second kappa shape index (κ2) is 11.4. The van der Waals surface area contributed by atoms with E-state index >= 15 is 0 Å². The molecule has 4 rings (SSSR count). The van der Waals surface area contributed by atoms with Crippen LogP contribution in [0.2, 0.25) is 0 Å². The lowest BCUT2D eigenvalue weighted by molar-refractivity contribution is -0.140. The van der Waals surface area contributed by atoms with E-state index in [0.29, 0.717) is 12.4 Å². The molecule has 196 valence electrons. The average molecular weight is 512 g/mol. The number of phenolic OH excluding ortho intramolecular Hbond substituents is 1. The van der Waals surface area contributed by atoms with Crippen LogP contribution in [0.25, 0.3) is 16.8 Å². The fraction of sp³-hybridized carbons (Fsp3) is 0.323. The molecule has 1 N–H and O–H groups in total. The van der Waals surface area contributed by atoms with Gasteiger partial charge in [0.25, 0.3) is 0 Å². The topological polar surface area (TPSA) is 86.0 Å². The summed E-state index contributed by atoms with van der Waals surface area (Å²) in [6.07, 6.45) is 2.15. The Balaban J connectivity index is 1.64. The van der Waals surface area contributed by atoms with E-state index in [4.69, 9.17) is 19.6 Å². The molecule has 7 heteroatoms. The maximum atomic E-state index is 11.8. The molecular weight excluding hydrogens is 478 g/mol. The van der Waals surface area contributed by atoms with Crippen molar-refractivity contribution < 1.29 is 19.4 Å². The van der Waals surface area contributed by atoms with Gasteiger partial charge >= 0.3 is 5.97 Å². The van der Waals surface area contributed by atoms with Crippen LogP contribution in [0.1, 0.15) is 67.1 Å². The van der Waals surface area contributed by atoms with Gasteiger partial charge in [-0.2, -0.15) is 5.10 Å². The number of hydrogen-bond acceptors (Lipinski definition) is 6. The van der Waals surface area contributed by atoms with Gasteiger partial charge in [-0.05, 0) is 73.4 Å².